The van der Waals surface area contributed by atoms with Crippen molar-refractivity contribution in [2.45, 2.75) is 13.5 Å². The summed E-state index contributed by atoms with van der Waals surface area (Å²) in [5.74, 6) is 1.40. The minimum atomic E-state index is -0.355. The smallest absolute Gasteiger partial charge is 0.275 e. The van der Waals surface area contributed by atoms with E-state index >= 15 is 0 Å². The van der Waals surface area contributed by atoms with Gasteiger partial charge in [-0.25, -0.2) is 5.43 Å². The van der Waals surface area contributed by atoms with Gasteiger partial charge in [0.1, 0.15) is 12.4 Å². The molecule has 0 spiro atoms. The summed E-state index contributed by atoms with van der Waals surface area (Å²) < 4.78 is 18.3. The van der Waals surface area contributed by atoms with E-state index in [-0.39, 0.29) is 5.91 Å². The zero-order valence-electron chi connectivity index (χ0n) is 19.5. The lowest BCUT2D eigenvalue weighted by Crippen LogP contribution is -2.18. The number of halogens is 1. The highest BCUT2D eigenvalue weighted by Crippen LogP contribution is 2.29. The number of benzene rings is 4. The van der Waals surface area contributed by atoms with Crippen molar-refractivity contribution in [2.24, 2.45) is 5.10 Å². The molecule has 4 aromatic rings. The third-order valence-electron chi connectivity index (χ3n) is 5.27. The lowest BCUT2D eigenvalue weighted by atomic mass is 10.1. The van der Waals surface area contributed by atoms with E-state index in [1.54, 1.807) is 19.4 Å². The first-order valence-electron chi connectivity index (χ1n) is 11.1. The molecule has 6 nitrogen and oxygen atoms in total. The van der Waals surface area contributed by atoms with Crippen LogP contribution < -0.4 is 19.6 Å². The van der Waals surface area contributed by atoms with Crippen LogP contribution in [0.4, 0.5) is 0 Å². The number of hydrogen-bond donors (Lipinski definition) is 1. The number of hydrazone groups is 1. The molecule has 0 aromatic heterocycles. The molecule has 0 aliphatic heterocycles. The fourth-order valence-corrected chi connectivity index (χ4v) is 3.89. The minimum Gasteiger partial charge on any atom is -0.496 e. The van der Waals surface area contributed by atoms with Crippen LogP contribution in [0.2, 0.25) is 0 Å². The zero-order chi connectivity index (χ0) is 24.6. The van der Waals surface area contributed by atoms with Crippen molar-refractivity contribution in [1.82, 2.24) is 5.43 Å². The minimum absolute atomic E-state index is 0.355. The second kappa shape index (κ2) is 11.7. The third kappa shape index (κ3) is 6.30. The number of carbonyl (C=O) groups excluding carboxylic acids is 1. The summed E-state index contributed by atoms with van der Waals surface area (Å²) in [7, 11) is 1.54. The van der Waals surface area contributed by atoms with Crippen molar-refractivity contribution in [3.63, 3.8) is 0 Å². The molecule has 7 heteroatoms. The first kappa shape index (κ1) is 24.5. The van der Waals surface area contributed by atoms with Gasteiger partial charge in [-0.15, -0.1) is 0 Å². The fraction of sp³-hybridized carbons (Fsp3) is 0.143. The molecule has 35 heavy (non-hydrogen) atoms. The Morgan fingerprint density at radius 2 is 1.66 bits per heavy atom. The molecular weight excluding hydrogens is 555 g/mol. The normalized spacial score (nSPS) is 10.9. The first-order valence-corrected chi connectivity index (χ1v) is 12.2. The Bertz CT molecular complexity index is 1350. The van der Waals surface area contributed by atoms with E-state index in [1.807, 2.05) is 79.7 Å². The molecule has 0 bridgehead atoms. The molecule has 4 aromatic carbocycles. The highest BCUT2D eigenvalue weighted by molar-refractivity contribution is 14.1. The highest BCUT2D eigenvalue weighted by atomic mass is 127. The van der Waals surface area contributed by atoms with Crippen molar-refractivity contribution in [3.8, 4) is 17.2 Å². The van der Waals surface area contributed by atoms with E-state index in [1.165, 1.54) is 3.57 Å². The van der Waals surface area contributed by atoms with Crippen LogP contribution in [0.15, 0.2) is 84.0 Å². The standard InChI is InChI=1S/C28H25IN2O4/c1-3-34-27-14-20(10-13-25(27)35-18-19-8-11-23(29)12-9-19)17-30-31-28(32)24-15-21-6-4-5-7-22(21)16-26(24)33-2/h4-17H,3,18H2,1-2H3,(H,31,32)/b30-17-. The summed E-state index contributed by atoms with van der Waals surface area (Å²) in [6, 6.07) is 25.1. The third-order valence-corrected chi connectivity index (χ3v) is 5.99. The number of amides is 1. The molecule has 0 aliphatic rings. The Kier molecular flexibility index (Phi) is 8.20. The van der Waals surface area contributed by atoms with Crippen LogP contribution in [0.3, 0.4) is 0 Å². The maximum absolute atomic E-state index is 12.8. The van der Waals surface area contributed by atoms with E-state index in [2.05, 4.69) is 33.1 Å². The van der Waals surface area contributed by atoms with Crippen LogP contribution in [-0.2, 0) is 6.61 Å². The van der Waals surface area contributed by atoms with E-state index in [9.17, 15) is 4.79 Å². The van der Waals surface area contributed by atoms with Gasteiger partial charge in [-0.1, -0.05) is 36.4 Å². The van der Waals surface area contributed by atoms with Crippen molar-refractivity contribution >= 4 is 45.5 Å². The molecule has 0 unspecified atom stereocenters. The van der Waals surface area contributed by atoms with Crippen molar-refractivity contribution in [1.29, 1.82) is 0 Å². The van der Waals surface area contributed by atoms with Gasteiger partial charge in [0.25, 0.3) is 5.91 Å². The van der Waals surface area contributed by atoms with Gasteiger partial charge in [0, 0.05) is 3.57 Å². The zero-order valence-corrected chi connectivity index (χ0v) is 21.6. The summed E-state index contributed by atoms with van der Waals surface area (Å²) in [5.41, 5.74) is 4.84. The molecule has 0 radical (unpaired) electrons. The number of nitrogens with zero attached hydrogens (tertiary/aromatic N) is 1. The molecule has 0 aliphatic carbocycles. The quantitative estimate of drug-likeness (QED) is 0.146. The number of hydrogen-bond acceptors (Lipinski definition) is 5. The van der Waals surface area contributed by atoms with E-state index in [4.69, 9.17) is 14.2 Å². The number of ether oxygens (including phenoxy) is 3. The maximum atomic E-state index is 12.8. The molecule has 0 fully saturated rings. The Hall–Kier alpha value is -3.59. The van der Waals surface area contributed by atoms with E-state index in [0.29, 0.717) is 36.0 Å². The average molecular weight is 580 g/mol. The van der Waals surface area contributed by atoms with Crippen LogP contribution in [0.5, 0.6) is 17.2 Å². The molecule has 4 rings (SSSR count). The molecular formula is C28H25IN2O4. The molecule has 0 atom stereocenters. The van der Waals surface area contributed by atoms with Gasteiger partial charge >= 0.3 is 0 Å². The largest absolute Gasteiger partial charge is 0.496 e. The monoisotopic (exact) mass is 580 g/mol. The second-order valence-electron chi connectivity index (χ2n) is 7.65. The summed E-state index contributed by atoms with van der Waals surface area (Å²) in [6.45, 7) is 2.86. The fourth-order valence-electron chi connectivity index (χ4n) is 3.53. The lowest BCUT2D eigenvalue weighted by Gasteiger charge is -2.13. The summed E-state index contributed by atoms with van der Waals surface area (Å²) in [5, 5.41) is 6.08. The van der Waals surface area contributed by atoms with Gasteiger partial charge in [-0.05, 0) is 93.9 Å². The van der Waals surface area contributed by atoms with Gasteiger partial charge in [-0.3, -0.25) is 4.79 Å². The van der Waals surface area contributed by atoms with Crippen molar-refractivity contribution < 1.29 is 19.0 Å². The number of methoxy groups -OCH3 is 1. The van der Waals surface area contributed by atoms with Gasteiger partial charge < -0.3 is 14.2 Å². The SMILES string of the molecule is CCOc1cc(/C=N\NC(=O)c2cc3ccccc3cc2OC)ccc1OCc1ccc(I)cc1. The predicted octanol–water partition coefficient (Wildman–Crippen LogP) is 6.19. The molecule has 1 amide bonds. The van der Waals surface area contributed by atoms with Gasteiger partial charge in [0.15, 0.2) is 11.5 Å². The van der Waals surface area contributed by atoms with E-state index < -0.39 is 0 Å². The van der Waals surface area contributed by atoms with Crippen LogP contribution >= 0.6 is 22.6 Å². The highest BCUT2D eigenvalue weighted by Gasteiger charge is 2.13. The topological polar surface area (TPSA) is 69.2 Å². The Morgan fingerprint density at radius 3 is 2.37 bits per heavy atom. The lowest BCUT2D eigenvalue weighted by molar-refractivity contribution is 0.0952. The predicted molar refractivity (Wildman–Crippen MR) is 147 cm³/mol. The number of carbonyl (C=O) groups is 1. The number of nitrogens with one attached hydrogen (secondary N) is 1. The summed E-state index contributed by atoms with van der Waals surface area (Å²) in [4.78, 5) is 12.8. The summed E-state index contributed by atoms with van der Waals surface area (Å²) in [6.07, 6.45) is 1.57. The molecule has 0 heterocycles. The second-order valence-corrected chi connectivity index (χ2v) is 8.90. The van der Waals surface area contributed by atoms with Crippen LogP contribution in [-0.4, -0.2) is 25.8 Å². The molecule has 0 saturated carbocycles. The maximum Gasteiger partial charge on any atom is 0.275 e. The van der Waals surface area contributed by atoms with Crippen LogP contribution in [0.1, 0.15) is 28.4 Å². The molecule has 0 saturated heterocycles. The Labute approximate surface area is 218 Å². The Balaban J connectivity index is 1.45. The van der Waals surface area contributed by atoms with Crippen LogP contribution in [0.25, 0.3) is 10.8 Å². The van der Waals surface area contributed by atoms with Crippen molar-refractivity contribution in [3.05, 3.63) is 99.1 Å². The van der Waals surface area contributed by atoms with Gasteiger partial charge in [0.05, 0.1) is 25.5 Å². The van der Waals surface area contributed by atoms with Crippen molar-refractivity contribution in [2.75, 3.05) is 13.7 Å². The van der Waals surface area contributed by atoms with Gasteiger partial charge in [0.2, 0.25) is 0 Å². The molecule has 178 valence electrons. The Morgan fingerprint density at radius 1 is 0.914 bits per heavy atom. The number of rotatable bonds is 9. The number of fused-ring (bicyclic) bond motifs is 1. The molecule has 1 N–H and O–H groups in total. The van der Waals surface area contributed by atoms with Gasteiger partial charge in [-0.2, -0.15) is 5.10 Å². The summed E-state index contributed by atoms with van der Waals surface area (Å²) >= 11 is 2.28. The average Bonchev–Trinajstić information content (AvgIpc) is 2.88. The van der Waals surface area contributed by atoms with Crippen LogP contribution in [0, 0.1) is 3.57 Å². The van der Waals surface area contributed by atoms with E-state index in [0.717, 1.165) is 21.9 Å². The first-order chi connectivity index (χ1) is 17.1.